The van der Waals surface area contributed by atoms with Gasteiger partial charge in [-0.25, -0.2) is 0 Å². The quantitative estimate of drug-likeness (QED) is 0.158. The van der Waals surface area contributed by atoms with Crippen LogP contribution in [0.1, 0.15) is 51.4 Å². The zero-order valence-electron chi connectivity index (χ0n) is 14.7. The van der Waals surface area contributed by atoms with Crippen LogP contribution in [0.15, 0.2) is 0 Å². The van der Waals surface area contributed by atoms with Crippen molar-refractivity contribution in [3.8, 4) is 0 Å². The van der Waals surface area contributed by atoms with E-state index in [1.54, 1.807) is 6.26 Å². The molecule has 4 atom stereocenters. The molecule has 2 saturated carbocycles. The zero-order chi connectivity index (χ0) is 17.2. The number of rotatable bonds is 9. The Morgan fingerprint density at radius 1 is 1.08 bits per heavy atom. The molecule has 2 aliphatic carbocycles. The normalized spacial score (nSPS) is 29.7. The Morgan fingerprint density at radius 2 is 1.84 bits per heavy atom. The van der Waals surface area contributed by atoms with E-state index in [1.165, 1.54) is 0 Å². The smallest absolute Gasteiger partial charge is 0.691 e. The fraction of sp³-hybridized carbons (Fsp3) is 0.929. The van der Waals surface area contributed by atoms with Crippen molar-refractivity contribution >= 4 is 30.0 Å². The molecule has 0 aliphatic heterocycles. The summed E-state index contributed by atoms with van der Waals surface area (Å²) >= 11 is 2.17. The average molecular weight is 404 g/mol. The number of hydrogen-bond donors (Lipinski definition) is 2. The second kappa shape index (κ2) is 14.0. The fourth-order valence-electron chi connectivity index (χ4n) is 3.41. The van der Waals surface area contributed by atoms with Gasteiger partial charge in [-0.2, -0.15) is 9.81 Å². The van der Waals surface area contributed by atoms with Crippen LogP contribution in [0, 0.1) is 5.92 Å². The first-order valence-electron chi connectivity index (χ1n) is 8.27. The van der Waals surface area contributed by atoms with E-state index in [9.17, 15) is 10.1 Å². The van der Waals surface area contributed by atoms with Crippen LogP contribution in [0.5, 0.6) is 0 Å². The van der Waals surface area contributed by atoms with Crippen LogP contribution in [0.25, 0.3) is 0 Å². The molecule has 8 nitrogen and oxygen atoms in total. The largest absolute Gasteiger partial charge is 1.00 e. The van der Waals surface area contributed by atoms with Crippen LogP contribution in [0.2, 0.25) is 0 Å². The van der Waals surface area contributed by atoms with Gasteiger partial charge in [-0.3, -0.25) is 9.83 Å². The summed E-state index contributed by atoms with van der Waals surface area (Å²) in [5.41, 5.74) is 2.85. The summed E-state index contributed by atoms with van der Waals surface area (Å²) in [7, 11) is 0. The Balaban J connectivity index is 0.00000312. The van der Waals surface area contributed by atoms with Crippen LogP contribution in [0.4, 0.5) is 0 Å². The third kappa shape index (κ3) is 9.11. The Labute approximate surface area is 179 Å². The van der Waals surface area contributed by atoms with E-state index < -0.39 is 0 Å². The standard InChI is InChI=1S/C14H26N2O6S2.Na/c1-23-21-19-16-12-6-2-4-10(8-12)14(17)15-11-5-3-7-13(9-11)24-22-20-18;/h10-13,16,18H,2-9H2,1H3,(H,15,17);/q;+1/p-1. The van der Waals surface area contributed by atoms with Gasteiger partial charge in [-0.15, -0.1) is 9.32 Å². The number of hydrogen-bond acceptors (Lipinski definition) is 9. The van der Waals surface area contributed by atoms with E-state index in [2.05, 4.69) is 20.2 Å². The van der Waals surface area contributed by atoms with E-state index in [4.69, 9.17) is 9.32 Å². The minimum Gasteiger partial charge on any atom is -0.691 e. The van der Waals surface area contributed by atoms with Gasteiger partial charge >= 0.3 is 29.6 Å². The molecule has 1 amide bonds. The third-order valence-electron chi connectivity index (χ3n) is 4.54. The Hall–Kier alpha value is 0.930. The van der Waals surface area contributed by atoms with Crippen molar-refractivity contribution in [1.29, 1.82) is 0 Å². The first-order chi connectivity index (χ1) is 11.7. The van der Waals surface area contributed by atoms with Crippen molar-refractivity contribution < 1.29 is 58.3 Å². The summed E-state index contributed by atoms with van der Waals surface area (Å²) in [4.78, 5) is 17.4. The van der Waals surface area contributed by atoms with Gasteiger partial charge < -0.3 is 10.6 Å². The summed E-state index contributed by atoms with van der Waals surface area (Å²) in [6.45, 7) is 0. The third-order valence-corrected chi connectivity index (χ3v) is 5.58. The summed E-state index contributed by atoms with van der Waals surface area (Å²) in [5.74, 6) is 0.0901. The van der Waals surface area contributed by atoms with Gasteiger partial charge in [0.1, 0.15) is 0 Å². The molecule has 2 N–H and O–H groups in total. The zero-order valence-corrected chi connectivity index (χ0v) is 18.4. The molecule has 2 rings (SSSR count). The van der Waals surface area contributed by atoms with E-state index in [1.807, 2.05) is 0 Å². The van der Waals surface area contributed by atoms with Gasteiger partial charge in [-0.05, 0) is 38.5 Å². The van der Waals surface area contributed by atoms with Crippen LogP contribution < -0.4 is 45.6 Å². The molecule has 2 fully saturated rings. The predicted octanol–water partition coefficient (Wildman–Crippen LogP) is -1.42. The summed E-state index contributed by atoms with van der Waals surface area (Å²) in [5, 5.41) is 16.7. The molecule has 0 aromatic rings. The molecule has 11 heteroatoms. The minimum atomic E-state index is -0.0108. The maximum absolute atomic E-state index is 12.5. The topological polar surface area (TPSA) is 101 Å². The molecule has 0 aromatic carbocycles. The van der Waals surface area contributed by atoms with E-state index >= 15 is 0 Å². The average Bonchev–Trinajstić information content (AvgIpc) is 2.61. The second-order valence-electron chi connectivity index (χ2n) is 6.22. The SMILES string of the molecule is CSOONC1CCCC(C(=O)NC2CCCC(SOO[O-])C2)C1.[Na+]. The van der Waals surface area contributed by atoms with Crippen LogP contribution >= 0.6 is 24.1 Å². The van der Waals surface area contributed by atoms with Crippen molar-refractivity contribution in [2.75, 3.05) is 6.26 Å². The maximum Gasteiger partial charge on any atom is 1.00 e. The molecule has 25 heavy (non-hydrogen) atoms. The molecule has 140 valence electrons. The summed E-state index contributed by atoms with van der Waals surface area (Å²) in [6, 6.07) is 0.252. The van der Waals surface area contributed by atoms with Gasteiger partial charge in [0.15, 0.2) is 0 Å². The molecule has 0 bridgehead atoms. The maximum atomic E-state index is 12.5. The first-order valence-corrected chi connectivity index (χ1v) is 10.2. The van der Waals surface area contributed by atoms with Gasteiger partial charge in [0.25, 0.3) is 0 Å². The molecule has 0 aromatic heterocycles. The predicted molar refractivity (Wildman–Crippen MR) is 88.5 cm³/mol. The van der Waals surface area contributed by atoms with Crippen molar-refractivity contribution in [3.05, 3.63) is 0 Å². The second-order valence-corrected chi connectivity index (χ2v) is 7.69. The number of nitrogens with one attached hydrogen (secondary N) is 2. The van der Waals surface area contributed by atoms with Crippen LogP contribution in [-0.2, 0) is 23.5 Å². The Bertz CT molecular complexity index is 385. The van der Waals surface area contributed by atoms with Gasteiger partial charge in [-0.1, -0.05) is 12.8 Å². The molecular formula is C14H25N2NaO6S2. The van der Waals surface area contributed by atoms with E-state index in [0.717, 1.165) is 75.5 Å². The van der Waals surface area contributed by atoms with Crippen molar-refractivity contribution in [2.45, 2.75) is 68.7 Å². The van der Waals surface area contributed by atoms with Crippen molar-refractivity contribution in [2.24, 2.45) is 5.92 Å². The van der Waals surface area contributed by atoms with Gasteiger partial charge in [0.05, 0.1) is 0 Å². The number of amides is 1. The number of carbonyl (C=O) groups excluding carboxylic acids is 1. The van der Waals surface area contributed by atoms with Crippen LogP contribution in [0.3, 0.4) is 0 Å². The van der Waals surface area contributed by atoms with Crippen molar-refractivity contribution in [3.63, 3.8) is 0 Å². The monoisotopic (exact) mass is 404 g/mol. The Morgan fingerprint density at radius 3 is 2.60 bits per heavy atom. The first kappa shape index (κ1) is 24.0. The molecule has 4 unspecified atom stereocenters. The minimum absolute atomic E-state index is 0. The molecule has 0 spiro atoms. The summed E-state index contributed by atoms with van der Waals surface area (Å²) < 4.78 is 9.17. The van der Waals surface area contributed by atoms with E-state index in [-0.39, 0.29) is 58.7 Å². The number of hydroxylamine groups is 1. The Kier molecular flexibility index (Phi) is 13.4. The fourth-order valence-corrected chi connectivity index (χ4v) is 4.24. The molecule has 0 heterocycles. The number of carbonyl (C=O) groups is 1. The van der Waals surface area contributed by atoms with Crippen molar-refractivity contribution in [1.82, 2.24) is 10.8 Å². The molecule has 0 radical (unpaired) electrons. The molecular weight excluding hydrogens is 379 g/mol. The molecule has 0 saturated heterocycles. The van der Waals surface area contributed by atoms with Gasteiger partial charge in [0, 0.05) is 53.6 Å². The van der Waals surface area contributed by atoms with Crippen LogP contribution in [-0.4, -0.2) is 29.5 Å². The summed E-state index contributed by atoms with van der Waals surface area (Å²) in [6.07, 6.45) is 9.06. The van der Waals surface area contributed by atoms with Gasteiger partial charge in [0.2, 0.25) is 5.91 Å². The molecule has 2 aliphatic rings. The van der Waals surface area contributed by atoms with E-state index in [0.29, 0.717) is 0 Å².